The molecule has 25 heavy (non-hydrogen) atoms. The number of rotatable bonds is 6. The van der Waals surface area contributed by atoms with Crippen LogP contribution in [0.25, 0.3) is 0 Å². The van der Waals surface area contributed by atoms with Crippen molar-refractivity contribution in [3.8, 4) is 0 Å². The molecule has 3 fully saturated rings. The molecule has 6 heteroatoms. The van der Waals surface area contributed by atoms with Gasteiger partial charge in [-0.05, 0) is 44.1 Å². The van der Waals surface area contributed by atoms with E-state index in [1.54, 1.807) is 0 Å². The number of likely N-dealkylation sites (tertiary alicyclic amines) is 1. The van der Waals surface area contributed by atoms with E-state index in [4.69, 9.17) is 4.74 Å². The Morgan fingerprint density at radius 1 is 1.20 bits per heavy atom. The first-order chi connectivity index (χ1) is 11.9. The first-order valence-electron chi connectivity index (χ1n) is 9.35. The summed E-state index contributed by atoms with van der Waals surface area (Å²) in [4.78, 5) is 2.43. The van der Waals surface area contributed by atoms with E-state index in [2.05, 4.69) is 40.8 Å². The van der Waals surface area contributed by atoms with E-state index in [0.29, 0.717) is 19.1 Å². The van der Waals surface area contributed by atoms with E-state index in [1.165, 1.54) is 11.1 Å². The normalized spacial score (nSPS) is 26.5. The third-order valence-corrected chi connectivity index (χ3v) is 7.64. The average molecular weight is 365 g/mol. The van der Waals surface area contributed by atoms with Crippen LogP contribution in [0.15, 0.2) is 24.3 Å². The lowest BCUT2D eigenvalue weighted by atomic mass is 9.83. The van der Waals surface area contributed by atoms with Crippen LogP contribution in [0.3, 0.4) is 0 Å². The monoisotopic (exact) mass is 364 g/mol. The van der Waals surface area contributed by atoms with E-state index >= 15 is 0 Å². The Morgan fingerprint density at radius 2 is 1.92 bits per heavy atom. The lowest BCUT2D eigenvalue weighted by molar-refractivity contribution is -0.181. The molecular weight excluding hydrogens is 336 g/mol. The molecule has 1 saturated carbocycles. The number of hydrogen-bond acceptors (Lipinski definition) is 4. The molecule has 1 N–H and O–H groups in total. The number of nitrogens with one attached hydrogen (secondary N) is 1. The van der Waals surface area contributed by atoms with E-state index in [0.717, 1.165) is 45.3 Å². The number of nitrogens with zero attached hydrogens (tertiary/aromatic N) is 1. The van der Waals surface area contributed by atoms with Gasteiger partial charge in [0.2, 0.25) is 10.0 Å². The summed E-state index contributed by atoms with van der Waals surface area (Å²) in [5.41, 5.74) is 2.66. The van der Waals surface area contributed by atoms with Gasteiger partial charge in [-0.1, -0.05) is 29.8 Å². The molecule has 0 amide bonds. The standard InChI is InChI=1S/C19H28N2O3S/c1-15-2-4-16(5-3-15)11-21-13-19(14-21)9-8-17(12-24-19)10-20-25(22,23)18-6-7-18/h2-5,17-18,20H,6-14H2,1H3. The minimum atomic E-state index is -3.07. The van der Waals surface area contributed by atoms with Crippen LogP contribution >= 0.6 is 0 Å². The van der Waals surface area contributed by atoms with Gasteiger partial charge in [0.25, 0.3) is 0 Å². The maximum Gasteiger partial charge on any atom is 0.214 e. The van der Waals surface area contributed by atoms with Gasteiger partial charge in [-0.25, -0.2) is 13.1 Å². The maximum atomic E-state index is 11.9. The van der Waals surface area contributed by atoms with Crippen molar-refractivity contribution >= 4 is 10.0 Å². The van der Waals surface area contributed by atoms with Crippen molar-refractivity contribution in [1.29, 1.82) is 0 Å². The van der Waals surface area contributed by atoms with Gasteiger partial charge in [-0.2, -0.15) is 0 Å². The summed E-state index contributed by atoms with van der Waals surface area (Å²) in [6, 6.07) is 8.72. The minimum Gasteiger partial charge on any atom is -0.372 e. The summed E-state index contributed by atoms with van der Waals surface area (Å²) in [5, 5.41) is -0.134. The molecule has 3 aliphatic rings. The molecule has 1 atom stereocenters. The van der Waals surface area contributed by atoms with Crippen molar-refractivity contribution in [3.63, 3.8) is 0 Å². The van der Waals surface area contributed by atoms with Crippen molar-refractivity contribution in [2.24, 2.45) is 5.92 Å². The van der Waals surface area contributed by atoms with Gasteiger partial charge in [0.1, 0.15) is 0 Å². The fourth-order valence-electron chi connectivity index (χ4n) is 3.89. The zero-order valence-corrected chi connectivity index (χ0v) is 15.7. The first kappa shape index (κ1) is 17.5. The molecule has 1 unspecified atom stereocenters. The molecule has 1 spiro atoms. The number of hydrogen-bond donors (Lipinski definition) is 1. The van der Waals surface area contributed by atoms with E-state index in [9.17, 15) is 8.42 Å². The van der Waals surface area contributed by atoms with Gasteiger partial charge < -0.3 is 4.74 Å². The Bertz CT molecular complexity index is 697. The lowest BCUT2D eigenvalue weighted by Gasteiger charge is -2.53. The molecular formula is C19H28N2O3S. The highest BCUT2D eigenvalue weighted by atomic mass is 32.2. The average Bonchev–Trinajstić information content (AvgIpc) is 3.40. The van der Waals surface area contributed by atoms with Crippen LogP contribution in [-0.4, -0.2) is 50.4 Å². The Hall–Kier alpha value is -0.950. The maximum absolute atomic E-state index is 11.9. The zero-order valence-electron chi connectivity index (χ0n) is 14.9. The van der Waals surface area contributed by atoms with E-state index in [1.807, 2.05) is 0 Å². The number of sulfonamides is 1. The molecule has 2 aliphatic heterocycles. The summed E-state index contributed by atoms with van der Waals surface area (Å²) in [6.07, 6.45) is 3.71. The van der Waals surface area contributed by atoms with Gasteiger partial charge in [-0.3, -0.25) is 4.90 Å². The fraction of sp³-hybridized carbons (Fsp3) is 0.684. The second-order valence-electron chi connectivity index (χ2n) is 8.12. The number of aryl methyl sites for hydroxylation is 1. The van der Waals surface area contributed by atoms with E-state index < -0.39 is 10.0 Å². The second kappa shape index (κ2) is 6.65. The molecule has 138 valence electrons. The van der Waals surface area contributed by atoms with Crippen LogP contribution in [0.1, 0.15) is 36.8 Å². The van der Waals surface area contributed by atoms with Crippen LogP contribution in [0.5, 0.6) is 0 Å². The van der Waals surface area contributed by atoms with Gasteiger partial charge in [-0.15, -0.1) is 0 Å². The largest absolute Gasteiger partial charge is 0.372 e. The van der Waals surface area contributed by atoms with Crippen molar-refractivity contribution in [2.45, 2.75) is 50.0 Å². The van der Waals surface area contributed by atoms with Gasteiger partial charge in [0.05, 0.1) is 17.5 Å². The molecule has 1 aromatic carbocycles. The summed E-state index contributed by atoms with van der Waals surface area (Å²) >= 11 is 0. The van der Waals surface area contributed by atoms with Gasteiger partial charge >= 0.3 is 0 Å². The van der Waals surface area contributed by atoms with Crippen LogP contribution in [0.4, 0.5) is 0 Å². The highest BCUT2D eigenvalue weighted by Crippen LogP contribution is 2.36. The highest BCUT2D eigenvalue weighted by molar-refractivity contribution is 7.90. The quantitative estimate of drug-likeness (QED) is 0.839. The Balaban J connectivity index is 1.20. The SMILES string of the molecule is Cc1ccc(CN2CC3(CCC(CNS(=O)(=O)C4CC4)CO3)C2)cc1. The molecule has 1 aliphatic carbocycles. The molecule has 0 radical (unpaired) electrons. The van der Waals surface area contributed by atoms with Crippen LogP contribution < -0.4 is 4.72 Å². The Morgan fingerprint density at radius 3 is 2.52 bits per heavy atom. The molecule has 0 bridgehead atoms. The van der Waals surface area contributed by atoms with Crippen molar-refractivity contribution in [1.82, 2.24) is 9.62 Å². The summed E-state index contributed by atoms with van der Waals surface area (Å²) in [7, 11) is -3.07. The third kappa shape index (κ3) is 4.08. The molecule has 5 nitrogen and oxygen atoms in total. The highest BCUT2D eigenvalue weighted by Gasteiger charge is 2.46. The van der Waals surface area contributed by atoms with Gasteiger partial charge in [0, 0.05) is 26.2 Å². The molecule has 2 heterocycles. The lowest BCUT2D eigenvalue weighted by Crippen LogP contribution is -2.64. The number of ether oxygens (including phenoxy) is 1. The third-order valence-electron chi connectivity index (χ3n) is 5.72. The molecule has 2 saturated heterocycles. The number of benzene rings is 1. The molecule has 1 aromatic rings. The predicted molar refractivity (Wildman–Crippen MR) is 97.8 cm³/mol. The molecule has 4 rings (SSSR count). The Labute approximate surface area is 150 Å². The zero-order chi connectivity index (χ0) is 17.5. The summed E-state index contributed by atoms with van der Waals surface area (Å²) in [5.74, 6) is 0.310. The Kier molecular flexibility index (Phi) is 4.65. The fourth-order valence-corrected chi connectivity index (χ4v) is 5.35. The van der Waals surface area contributed by atoms with Crippen LogP contribution in [0.2, 0.25) is 0 Å². The predicted octanol–water partition coefficient (Wildman–Crippen LogP) is 2.06. The molecule has 0 aromatic heterocycles. The van der Waals surface area contributed by atoms with Crippen molar-refractivity contribution in [2.75, 3.05) is 26.2 Å². The van der Waals surface area contributed by atoms with Crippen molar-refractivity contribution in [3.05, 3.63) is 35.4 Å². The summed E-state index contributed by atoms with van der Waals surface area (Å²) in [6.45, 7) is 6.27. The first-order valence-corrected chi connectivity index (χ1v) is 10.9. The van der Waals surface area contributed by atoms with Crippen LogP contribution in [0, 0.1) is 12.8 Å². The van der Waals surface area contributed by atoms with Gasteiger partial charge in [0.15, 0.2) is 0 Å². The van der Waals surface area contributed by atoms with Crippen LogP contribution in [-0.2, 0) is 21.3 Å². The van der Waals surface area contributed by atoms with Crippen molar-refractivity contribution < 1.29 is 13.2 Å². The second-order valence-corrected chi connectivity index (χ2v) is 10.2. The van der Waals surface area contributed by atoms with E-state index in [-0.39, 0.29) is 10.9 Å². The topological polar surface area (TPSA) is 58.6 Å². The summed E-state index contributed by atoms with van der Waals surface area (Å²) < 4.78 is 32.8. The smallest absolute Gasteiger partial charge is 0.214 e. The minimum absolute atomic E-state index is 0.0105.